The van der Waals surface area contributed by atoms with Crippen molar-refractivity contribution in [2.45, 2.75) is 38.9 Å². The van der Waals surface area contributed by atoms with Crippen LogP contribution in [0.1, 0.15) is 27.7 Å². The van der Waals surface area contributed by atoms with Gasteiger partial charge in [0.15, 0.2) is 0 Å². The van der Waals surface area contributed by atoms with Crippen LogP contribution in [0, 0.1) is 0 Å². The van der Waals surface area contributed by atoms with Gasteiger partial charge in [0.2, 0.25) is 0 Å². The number of methoxy groups -OCH3 is 1. The molecule has 0 amide bonds. The fraction of sp³-hybridized carbons (Fsp3) is 0.318. The molecule has 3 aromatic rings. The summed E-state index contributed by atoms with van der Waals surface area (Å²) in [5, 5.41) is 0.970. The lowest BCUT2D eigenvalue weighted by atomic mass is 9.78. The molecule has 0 spiro atoms. The summed E-state index contributed by atoms with van der Waals surface area (Å²) in [5.74, 6) is 0.805. The highest BCUT2D eigenvalue weighted by molar-refractivity contribution is 6.62. The molecule has 4 nitrogen and oxygen atoms in total. The zero-order valence-corrected chi connectivity index (χ0v) is 16.4. The van der Waals surface area contributed by atoms with E-state index in [9.17, 15) is 0 Å². The van der Waals surface area contributed by atoms with Crippen molar-refractivity contribution in [2.75, 3.05) is 7.11 Å². The highest BCUT2D eigenvalue weighted by Crippen LogP contribution is 2.37. The summed E-state index contributed by atoms with van der Waals surface area (Å²) in [6.07, 6.45) is 0. The molecular formula is C22H24BNO3. The van der Waals surface area contributed by atoms with Crippen LogP contribution in [0.15, 0.2) is 54.6 Å². The van der Waals surface area contributed by atoms with E-state index in [4.69, 9.17) is 19.0 Å². The summed E-state index contributed by atoms with van der Waals surface area (Å²) >= 11 is 0. The minimum absolute atomic E-state index is 0.371. The Morgan fingerprint density at radius 3 is 2.19 bits per heavy atom. The van der Waals surface area contributed by atoms with E-state index in [0.29, 0.717) is 0 Å². The van der Waals surface area contributed by atoms with Gasteiger partial charge in [-0.05, 0) is 45.3 Å². The Morgan fingerprint density at radius 1 is 0.889 bits per heavy atom. The van der Waals surface area contributed by atoms with Crippen LogP contribution in [0.2, 0.25) is 0 Å². The number of rotatable bonds is 3. The second kappa shape index (κ2) is 6.36. The highest BCUT2D eigenvalue weighted by Gasteiger charge is 2.51. The van der Waals surface area contributed by atoms with E-state index in [1.165, 1.54) is 0 Å². The van der Waals surface area contributed by atoms with Gasteiger partial charge in [-0.3, -0.25) is 0 Å². The predicted octanol–water partition coefficient (Wildman–Crippen LogP) is 4.21. The zero-order valence-electron chi connectivity index (χ0n) is 16.4. The molecule has 0 aliphatic carbocycles. The topological polar surface area (TPSA) is 40.6 Å². The molecular weight excluding hydrogens is 337 g/mol. The molecule has 0 saturated carbocycles. The molecule has 1 saturated heterocycles. The largest absolute Gasteiger partial charge is 0.496 e. The van der Waals surface area contributed by atoms with Crippen molar-refractivity contribution in [1.82, 2.24) is 4.98 Å². The molecule has 5 heteroatoms. The number of benzene rings is 2. The number of hydrogen-bond donors (Lipinski definition) is 0. The molecule has 138 valence electrons. The standard InChI is InChI=1S/C22H24BNO3/c1-21(2)22(3,4)27-23(26-21)16-11-12-17-19(13-16)24-18(14-20(17)25-5)15-9-7-6-8-10-15/h6-14H,1-5H3. The zero-order chi connectivity index (χ0) is 19.2. The predicted molar refractivity (Wildman–Crippen MR) is 109 cm³/mol. The smallest absolute Gasteiger partial charge is 0.494 e. The van der Waals surface area contributed by atoms with Gasteiger partial charge in [-0.1, -0.05) is 36.4 Å². The Balaban J connectivity index is 1.80. The Morgan fingerprint density at radius 2 is 1.56 bits per heavy atom. The fourth-order valence-electron chi connectivity index (χ4n) is 3.26. The number of ether oxygens (including phenoxy) is 1. The number of fused-ring (bicyclic) bond motifs is 1. The molecule has 1 aromatic heterocycles. The summed E-state index contributed by atoms with van der Waals surface area (Å²) in [7, 11) is 1.28. The van der Waals surface area contributed by atoms with Crippen molar-refractivity contribution in [2.24, 2.45) is 0 Å². The molecule has 0 atom stereocenters. The second-order valence-corrected chi connectivity index (χ2v) is 7.94. The van der Waals surface area contributed by atoms with Gasteiger partial charge in [-0.15, -0.1) is 0 Å². The van der Waals surface area contributed by atoms with Gasteiger partial charge >= 0.3 is 7.12 Å². The van der Waals surface area contributed by atoms with E-state index >= 15 is 0 Å². The van der Waals surface area contributed by atoms with Crippen LogP contribution in [-0.4, -0.2) is 30.4 Å². The molecule has 0 unspecified atom stereocenters. The van der Waals surface area contributed by atoms with E-state index in [0.717, 1.165) is 33.4 Å². The summed E-state index contributed by atoms with van der Waals surface area (Å²) in [4.78, 5) is 4.87. The lowest BCUT2D eigenvalue weighted by molar-refractivity contribution is 0.00578. The third kappa shape index (κ3) is 3.11. The molecule has 0 radical (unpaired) electrons. The van der Waals surface area contributed by atoms with Crippen LogP contribution in [-0.2, 0) is 9.31 Å². The molecule has 2 aromatic carbocycles. The van der Waals surface area contributed by atoms with Crippen LogP contribution >= 0.6 is 0 Å². The third-order valence-electron chi connectivity index (χ3n) is 5.61. The molecule has 4 rings (SSSR count). The van der Waals surface area contributed by atoms with Crippen LogP contribution in [0.3, 0.4) is 0 Å². The van der Waals surface area contributed by atoms with Gasteiger partial charge in [0.05, 0.1) is 29.5 Å². The van der Waals surface area contributed by atoms with Crippen molar-refractivity contribution in [1.29, 1.82) is 0 Å². The maximum atomic E-state index is 6.19. The van der Waals surface area contributed by atoms with Crippen molar-refractivity contribution in [3.8, 4) is 17.0 Å². The Hall–Kier alpha value is -2.37. The Labute approximate surface area is 160 Å². The molecule has 0 bridgehead atoms. The van der Waals surface area contributed by atoms with Gasteiger partial charge in [0.25, 0.3) is 0 Å². The second-order valence-electron chi connectivity index (χ2n) is 7.94. The summed E-state index contributed by atoms with van der Waals surface area (Å²) in [6.45, 7) is 8.23. The van der Waals surface area contributed by atoms with E-state index in [2.05, 4.69) is 27.7 Å². The first-order chi connectivity index (χ1) is 12.8. The lowest BCUT2D eigenvalue weighted by Crippen LogP contribution is -2.41. The van der Waals surface area contributed by atoms with Crippen LogP contribution in [0.5, 0.6) is 5.75 Å². The summed E-state index contributed by atoms with van der Waals surface area (Å²) < 4.78 is 18.0. The van der Waals surface area contributed by atoms with Crippen molar-refractivity contribution in [3.63, 3.8) is 0 Å². The minimum Gasteiger partial charge on any atom is -0.496 e. The average molecular weight is 361 g/mol. The molecule has 1 fully saturated rings. The third-order valence-corrected chi connectivity index (χ3v) is 5.61. The average Bonchev–Trinajstić information content (AvgIpc) is 2.88. The van der Waals surface area contributed by atoms with E-state index in [-0.39, 0.29) is 11.2 Å². The van der Waals surface area contributed by atoms with Gasteiger partial charge in [0, 0.05) is 17.0 Å². The van der Waals surface area contributed by atoms with Crippen LogP contribution in [0.25, 0.3) is 22.2 Å². The first-order valence-corrected chi connectivity index (χ1v) is 9.20. The molecule has 2 heterocycles. The minimum atomic E-state index is -0.410. The summed E-state index contributed by atoms with van der Waals surface area (Å²) in [5.41, 5.74) is 3.01. The quantitative estimate of drug-likeness (QED) is 0.656. The van der Waals surface area contributed by atoms with E-state index < -0.39 is 7.12 Å². The molecule has 27 heavy (non-hydrogen) atoms. The lowest BCUT2D eigenvalue weighted by Gasteiger charge is -2.32. The van der Waals surface area contributed by atoms with Crippen molar-refractivity contribution >= 4 is 23.5 Å². The number of hydrogen-bond acceptors (Lipinski definition) is 4. The van der Waals surface area contributed by atoms with Crippen molar-refractivity contribution in [3.05, 3.63) is 54.6 Å². The van der Waals surface area contributed by atoms with E-state index in [1.54, 1.807) is 7.11 Å². The Kier molecular flexibility index (Phi) is 4.24. The van der Waals surface area contributed by atoms with E-state index in [1.807, 2.05) is 54.6 Å². The Bertz CT molecular complexity index is 970. The van der Waals surface area contributed by atoms with Crippen molar-refractivity contribution < 1.29 is 14.0 Å². The van der Waals surface area contributed by atoms with Gasteiger partial charge in [-0.2, -0.15) is 0 Å². The highest BCUT2D eigenvalue weighted by atomic mass is 16.7. The normalized spacial score (nSPS) is 18.0. The van der Waals surface area contributed by atoms with Gasteiger partial charge in [0.1, 0.15) is 5.75 Å². The molecule has 1 aliphatic heterocycles. The molecule has 0 N–H and O–H groups in total. The van der Waals surface area contributed by atoms with Crippen LogP contribution in [0.4, 0.5) is 0 Å². The number of aromatic nitrogens is 1. The van der Waals surface area contributed by atoms with Crippen LogP contribution < -0.4 is 10.2 Å². The first kappa shape index (κ1) is 18.0. The monoisotopic (exact) mass is 361 g/mol. The summed E-state index contributed by atoms with van der Waals surface area (Å²) in [6, 6.07) is 18.2. The maximum Gasteiger partial charge on any atom is 0.494 e. The molecule has 1 aliphatic rings. The first-order valence-electron chi connectivity index (χ1n) is 9.20. The number of nitrogens with zero attached hydrogens (tertiary/aromatic N) is 1. The maximum absolute atomic E-state index is 6.19. The van der Waals surface area contributed by atoms with Gasteiger partial charge in [-0.25, -0.2) is 4.98 Å². The number of pyridine rings is 1. The fourth-order valence-corrected chi connectivity index (χ4v) is 3.26. The van der Waals surface area contributed by atoms with Gasteiger partial charge < -0.3 is 14.0 Å². The SMILES string of the molecule is COc1cc(-c2ccccc2)nc2cc(B3OC(C)(C)C(C)(C)O3)ccc12.